The van der Waals surface area contributed by atoms with Crippen LogP contribution < -0.4 is 5.32 Å². The van der Waals surface area contributed by atoms with Gasteiger partial charge < -0.3 is 10.2 Å². The maximum Gasteiger partial charge on any atom is 0.243 e. The van der Waals surface area contributed by atoms with Gasteiger partial charge in [-0.05, 0) is 49.4 Å². The molecule has 0 aliphatic carbocycles. The number of carbonyl (C=O) groups is 2. The summed E-state index contributed by atoms with van der Waals surface area (Å²) in [7, 11) is 0. The molecule has 0 radical (unpaired) electrons. The SMILES string of the molecule is CCC(C)NC(=O)C(CC)N(Cc1ccc(F)cc1)C(=O)CCc1ccccc1. The van der Waals surface area contributed by atoms with Crippen molar-refractivity contribution in [1.82, 2.24) is 10.2 Å². The van der Waals surface area contributed by atoms with Gasteiger partial charge in [0, 0.05) is 19.0 Å². The van der Waals surface area contributed by atoms with E-state index < -0.39 is 6.04 Å². The molecule has 2 rings (SSSR count). The van der Waals surface area contributed by atoms with Crippen molar-refractivity contribution in [3.05, 3.63) is 71.5 Å². The van der Waals surface area contributed by atoms with Crippen LogP contribution in [0.5, 0.6) is 0 Å². The summed E-state index contributed by atoms with van der Waals surface area (Å²) in [4.78, 5) is 27.6. The summed E-state index contributed by atoms with van der Waals surface area (Å²) in [5.41, 5.74) is 1.88. The third-order valence-electron chi connectivity index (χ3n) is 5.12. The highest BCUT2D eigenvalue weighted by molar-refractivity contribution is 5.87. The molecular weight excluding hydrogens is 367 g/mol. The molecule has 2 aromatic carbocycles. The fourth-order valence-electron chi connectivity index (χ4n) is 3.19. The molecule has 0 saturated heterocycles. The molecule has 4 nitrogen and oxygen atoms in total. The number of hydrogen-bond acceptors (Lipinski definition) is 2. The van der Waals surface area contributed by atoms with E-state index in [1.807, 2.05) is 51.1 Å². The van der Waals surface area contributed by atoms with Crippen molar-refractivity contribution in [3.63, 3.8) is 0 Å². The lowest BCUT2D eigenvalue weighted by molar-refractivity contribution is -0.141. The van der Waals surface area contributed by atoms with E-state index in [0.717, 1.165) is 17.5 Å². The van der Waals surface area contributed by atoms with Crippen LogP contribution in [-0.4, -0.2) is 28.8 Å². The van der Waals surface area contributed by atoms with E-state index in [-0.39, 0.29) is 30.2 Å². The second-order valence-electron chi connectivity index (χ2n) is 7.38. The standard InChI is InChI=1S/C24H31FN2O2/c1-4-18(3)26-24(29)22(5-2)27(17-20-11-14-21(25)15-12-20)23(28)16-13-19-9-7-6-8-10-19/h6-12,14-15,18,22H,4-5,13,16-17H2,1-3H3,(H,26,29). The third-order valence-corrected chi connectivity index (χ3v) is 5.12. The summed E-state index contributed by atoms with van der Waals surface area (Å²) < 4.78 is 13.3. The normalized spacial score (nSPS) is 12.8. The van der Waals surface area contributed by atoms with Crippen LogP contribution >= 0.6 is 0 Å². The number of amides is 2. The first-order valence-electron chi connectivity index (χ1n) is 10.3. The molecule has 2 unspecified atom stereocenters. The maximum atomic E-state index is 13.3. The van der Waals surface area contributed by atoms with Gasteiger partial charge in [0.15, 0.2) is 0 Å². The van der Waals surface area contributed by atoms with Crippen LogP contribution in [-0.2, 0) is 22.6 Å². The monoisotopic (exact) mass is 398 g/mol. The molecule has 0 spiro atoms. The minimum absolute atomic E-state index is 0.0450. The number of carbonyl (C=O) groups excluding carboxylic acids is 2. The van der Waals surface area contributed by atoms with Gasteiger partial charge in [-0.2, -0.15) is 0 Å². The predicted octanol–water partition coefficient (Wildman–Crippen LogP) is 4.48. The number of nitrogens with zero attached hydrogens (tertiary/aromatic N) is 1. The van der Waals surface area contributed by atoms with Crippen molar-refractivity contribution < 1.29 is 14.0 Å². The largest absolute Gasteiger partial charge is 0.352 e. The van der Waals surface area contributed by atoms with E-state index in [2.05, 4.69) is 5.32 Å². The first kappa shape index (κ1) is 22.6. The highest BCUT2D eigenvalue weighted by atomic mass is 19.1. The van der Waals surface area contributed by atoms with Crippen molar-refractivity contribution in [2.75, 3.05) is 0 Å². The van der Waals surface area contributed by atoms with Crippen molar-refractivity contribution in [1.29, 1.82) is 0 Å². The van der Waals surface area contributed by atoms with Gasteiger partial charge in [0.2, 0.25) is 11.8 Å². The smallest absolute Gasteiger partial charge is 0.243 e. The number of hydrogen-bond donors (Lipinski definition) is 1. The molecule has 1 N–H and O–H groups in total. The number of aryl methyl sites for hydroxylation is 1. The lowest BCUT2D eigenvalue weighted by Gasteiger charge is -2.31. The molecule has 0 aromatic heterocycles. The maximum absolute atomic E-state index is 13.3. The topological polar surface area (TPSA) is 49.4 Å². The quantitative estimate of drug-likeness (QED) is 0.641. The second kappa shape index (κ2) is 11.3. The second-order valence-corrected chi connectivity index (χ2v) is 7.38. The first-order chi connectivity index (χ1) is 13.9. The Morgan fingerprint density at radius 1 is 0.966 bits per heavy atom. The van der Waals surface area contributed by atoms with Crippen LogP contribution in [0.25, 0.3) is 0 Å². The Morgan fingerprint density at radius 3 is 2.21 bits per heavy atom. The molecular formula is C24H31FN2O2. The van der Waals surface area contributed by atoms with Crippen LogP contribution in [0, 0.1) is 5.82 Å². The molecule has 29 heavy (non-hydrogen) atoms. The van der Waals surface area contributed by atoms with Crippen LogP contribution in [0.1, 0.15) is 51.2 Å². The summed E-state index contributed by atoms with van der Waals surface area (Å²) >= 11 is 0. The molecule has 5 heteroatoms. The van der Waals surface area contributed by atoms with E-state index >= 15 is 0 Å². The van der Waals surface area contributed by atoms with Gasteiger partial charge >= 0.3 is 0 Å². The van der Waals surface area contributed by atoms with E-state index in [4.69, 9.17) is 0 Å². The summed E-state index contributed by atoms with van der Waals surface area (Å²) in [5, 5.41) is 2.99. The van der Waals surface area contributed by atoms with Gasteiger partial charge in [-0.3, -0.25) is 9.59 Å². The molecule has 2 amide bonds. The highest BCUT2D eigenvalue weighted by Crippen LogP contribution is 2.16. The van der Waals surface area contributed by atoms with Gasteiger partial charge in [0.1, 0.15) is 11.9 Å². The van der Waals surface area contributed by atoms with E-state index in [1.165, 1.54) is 12.1 Å². The van der Waals surface area contributed by atoms with Gasteiger partial charge in [-0.1, -0.05) is 56.3 Å². The number of nitrogens with one attached hydrogen (secondary N) is 1. The summed E-state index contributed by atoms with van der Waals surface area (Å²) in [6, 6.07) is 15.4. The zero-order valence-corrected chi connectivity index (χ0v) is 17.5. The van der Waals surface area contributed by atoms with Gasteiger partial charge in [-0.25, -0.2) is 4.39 Å². The summed E-state index contributed by atoms with van der Waals surface area (Å²) in [6.07, 6.45) is 2.27. The fraction of sp³-hybridized carbons (Fsp3) is 0.417. The molecule has 0 heterocycles. The average molecular weight is 399 g/mol. The van der Waals surface area contributed by atoms with Gasteiger partial charge in [0.25, 0.3) is 0 Å². The molecule has 0 aliphatic rings. The Balaban J connectivity index is 2.19. The van der Waals surface area contributed by atoms with Gasteiger partial charge in [0.05, 0.1) is 0 Å². The van der Waals surface area contributed by atoms with Crippen molar-refractivity contribution >= 4 is 11.8 Å². The highest BCUT2D eigenvalue weighted by Gasteiger charge is 2.28. The lowest BCUT2D eigenvalue weighted by Crippen LogP contribution is -2.50. The molecule has 2 atom stereocenters. The Bertz CT molecular complexity index is 777. The zero-order chi connectivity index (χ0) is 21.2. The lowest BCUT2D eigenvalue weighted by atomic mass is 10.1. The van der Waals surface area contributed by atoms with E-state index in [0.29, 0.717) is 19.3 Å². The Labute approximate surface area is 173 Å². The Kier molecular flexibility index (Phi) is 8.84. The van der Waals surface area contributed by atoms with Crippen LogP contribution in [0.2, 0.25) is 0 Å². The van der Waals surface area contributed by atoms with E-state index in [9.17, 15) is 14.0 Å². The number of rotatable bonds is 10. The Hall–Kier alpha value is -2.69. The molecule has 0 aliphatic heterocycles. The molecule has 0 saturated carbocycles. The molecule has 2 aromatic rings. The third kappa shape index (κ3) is 7.00. The first-order valence-corrected chi connectivity index (χ1v) is 10.3. The molecule has 0 fully saturated rings. The van der Waals surface area contributed by atoms with Crippen LogP contribution in [0.15, 0.2) is 54.6 Å². The minimum Gasteiger partial charge on any atom is -0.352 e. The Morgan fingerprint density at radius 2 is 1.62 bits per heavy atom. The van der Waals surface area contributed by atoms with Crippen LogP contribution in [0.4, 0.5) is 4.39 Å². The van der Waals surface area contributed by atoms with E-state index in [1.54, 1.807) is 17.0 Å². The molecule has 0 bridgehead atoms. The molecule has 156 valence electrons. The number of benzene rings is 2. The van der Waals surface area contributed by atoms with Crippen molar-refractivity contribution in [2.45, 2.75) is 65.1 Å². The van der Waals surface area contributed by atoms with Crippen LogP contribution in [0.3, 0.4) is 0 Å². The zero-order valence-electron chi connectivity index (χ0n) is 17.5. The van der Waals surface area contributed by atoms with Crippen molar-refractivity contribution in [3.8, 4) is 0 Å². The van der Waals surface area contributed by atoms with Gasteiger partial charge in [-0.15, -0.1) is 0 Å². The van der Waals surface area contributed by atoms with Crippen molar-refractivity contribution in [2.24, 2.45) is 0 Å². The summed E-state index contributed by atoms with van der Waals surface area (Å²) in [5.74, 6) is -0.543. The predicted molar refractivity (Wildman–Crippen MR) is 114 cm³/mol. The summed E-state index contributed by atoms with van der Waals surface area (Å²) in [6.45, 7) is 6.14. The number of halogens is 1. The average Bonchev–Trinajstić information content (AvgIpc) is 2.73. The minimum atomic E-state index is -0.558. The fourth-order valence-corrected chi connectivity index (χ4v) is 3.19.